The van der Waals surface area contributed by atoms with Gasteiger partial charge >= 0.3 is 0 Å². The Morgan fingerprint density at radius 1 is 1.38 bits per heavy atom. The molecule has 3 nitrogen and oxygen atoms in total. The molecule has 2 fully saturated rings. The SMILES string of the molecule is C[SiH](C)OC(=O)CCCC1CCC2OC2C1. The Bertz CT molecular complexity index is 255. The summed E-state index contributed by atoms with van der Waals surface area (Å²) in [6, 6.07) is 0. The second-order valence-corrected chi connectivity index (χ2v) is 7.66. The first-order valence-corrected chi connectivity index (χ1v) is 9.28. The smallest absolute Gasteiger partial charge is 0.292 e. The fourth-order valence-electron chi connectivity index (χ4n) is 2.61. The number of carbonyl (C=O) groups is 1. The van der Waals surface area contributed by atoms with Crippen molar-refractivity contribution in [3.63, 3.8) is 0 Å². The number of fused-ring (bicyclic) bond motifs is 1. The lowest BCUT2D eigenvalue weighted by molar-refractivity contribution is -0.134. The highest BCUT2D eigenvalue weighted by Crippen LogP contribution is 2.41. The molecule has 0 spiro atoms. The maximum absolute atomic E-state index is 11.4. The molecule has 0 radical (unpaired) electrons. The summed E-state index contributed by atoms with van der Waals surface area (Å²) in [6.07, 6.45) is 7.66. The molecule has 4 heteroatoms. The molecule has 1 saturated heterocycles. The highest BCUT2D eigenvalue weighted by atomic mass is 28.3. The van der Waals surface area contributed by atoms with Crippen LogP contribution in [-0.2, 0) is 14.0 Å². The van der Waals surface area contributed by atoms with Crippen LogP contribution in [0, 0.1) is 5.92 Å². The van der Waals surface area contributed by atoms with Crippen LogP contribution >= 0.6 is 0 Å². The number of carbonyl (C=O) groups excluding carboxylic acids is 1. The second-order valence-electron chi connectivity index (χ2n) is 5.32. The van der Waals surface area contributed by atoms with Crippen LogP contribution in [0.4, 0.5) is 0 Å². The summed E-state index contributed by atoms with van der Waals surface area (Å²) in [5.41, 5.74) is 0. The fraction of sp³-hybridized carbons (Fsp3) is 0.917. The molecule has 0 amide bonds. The van der Waals surface area contributed by atoms with Gasteiger partial charge in [-0.3, -0.25) is 4.79 Å². The van der Waals surface area contributed by atoms with Crippen LogP contribution in [0.2, 0.25) is 13.1 Å². The van der Waals surface area contributed by atoms with E-state index in [2.05, 4.69) is 0 Å². The van der Waals surface area contributed by atoms with E-state index in [1.54, 1.807) is 0 Å². The van der Waals surface area contributed by atoms with Crippen molar-refractivity contribution in [3.05, 3.63) is 0 Å². The summed E-state index contributed by atoms with van der Waals surface area (Å²) in [6.45, 7) is 4.06. The molecule has 0 bridgehead atoms. The van der Waals surface area contributed by atoms with Gasteiger partial charge in [0.05, 0.1) is 12.2 Å². The van der Waals surface area contributed by atoms with E-state index < -0.39 is 9.04 Å². The van der Waals surface area contributed by atoms with E-state index in [0.29, 0.717) is 18.6 Å². The average molecular weight is 242 g/mol. The van der Waals surface area contributed by atoms with Crippen LogP contribution in [0.5, 0.6) is 0 Å². The van der Waals surface area contributed by atoms with Crippen molar-refractivity contribution in [2.45, 2.75) is 63.8 Å². The topological polar surface area (TPSA) is 38.8 Å². The molecule has 2 rings (SSSR count). The summed E-state index contributed by atoms with van der Waals surface area (Å²) < 4.78 is 10.7. The minimum absolute atomic E-state index is 0.0121. The Hall–Kier alpha value is -0.353. The summed E-state index contributed by atoms with van der Waals surface area (Å²) in [4.78, 5) is 11.4. The molecule has 1 aliphatic carbocycles. The molecular formula is C12H22O3Si. The van der Waals surface area contributed by atoms with Gasteiger partial charge in [-0.1, -0.05) is 0 Å². The van der Waals surface area contributed by atoms with Gasteiger partial charge in [0.2, 0.25) is 9.04 Å². The van der Waals surface area contributed by atoms with Gasteiger partial charge in [-0.15, -0.1) is 0 Å². The number of rotatable bonds is 5. The second kappa shape index (κ2) is 5.32. The monoisotopic (exact) mass is 242 g/mol. The van der Waals surface area contributed by atoms with Crippen molar-refractivity contribution >= 4 is 15.0 Å². The molecule has 0 aromatic rings. The summed E-state index contributed by atoms with van der Waals surface area (Å²) in [5, 5.41) is 0. The molecular weight excluding hydrogens is 220 g/mol. The number of hydrogen-bond acceptors (Lipinski definition) is 3. The molecule has 2 aliphatic rings. The van der Waals surface area contributed by atoms with Crippen molar-refractivity contribution in [2.75, 3.05) is 0 Å². The first-order chi connectivity index (χ1) is 7.65. The molecule has 92 valence electrons. The molecule has 0 N–H and O–H groups in total. The molecule has 16 heavy (non-hydrogen) atoms. The van der Waals surface area contributed by atoms with Crippen LogP contribution in [0.25, 0.3) is 0 Å². The van der Waals surface area contributed by atoms with Crippen molar-refractivity contribution in [1.82, 2.24) is 0 Å². The van der Waals surface area contributed by atoms with E-state index in [9.17, 15) is 4.79 Å². The third-order valence-electron chi connectivity index (χ3n) is 3.47. The van der Waals surface area contributed by atoms with E-state index in [1.165, 1.54) is 25.7 Å². The summed E-state index contributed by atoms with van der Waals surface area (Å²) >= 11 is 0. The number of epoxide rings is 1. The lowest BCUT2D eigenvalue weighted by atomic mass is 9.86. The average Bonchev–Trinajstić information content (AvgIpc) is 2.94. The van der Waals surface area contributed by atoms with Crippen LogP contribution in [-0.4, -0.2) is 27.2 Å². The van der Waals surface area contributed by atoms with E-state index in [0.717, 1.165) is 12.3 Å². The van der Waals surface area contributed by atoms with E-state index >= 15 is 0 Å². The normalized spacial score (nSPS) is 32.3. The van der Waals surface area contributed by atoms with Crippen molar-refractivity contribution in [3.8, 4) is 0 Å². The van der Waals surface area contributed by atoms with Gasteiger partial charge in [0.25, 0.3) is 5.97 Å². The van der Waals surface area contributed by atoms with E-state index in [4.69, 9.17) is 9.16 Å². The number of ether oxygens (including phenoxy) is 1. The Morgan fingerprint density at radius 3 is 2.88 bits per heavy atom. The molecule has 3 atom stereocenters. The zero-order valence-electron chi connectivity index (χ0n) is 10.3. The van der Waals surface area contributed by atoms with Crippen LogP contribution in [0.1, 0.15) is 38.5 Å². The summed E-state index contributed by atoms with van der Waals surface area (Å²) in [7, 11) is -1.18. The Morgan fingerprint density at radius 2 is 2.19 bits per heavy atom. The van der Waals surface area contributed by atoms with E-state index in [-0.39, 0.29) is 5.97 Å². The van der Waals surface area contributed by atoms with Gasteiger partial charge in [-0.2, -0.15) is 0 Å². The van der Waals surface area contributed by atoms with Crippen molar-refractivity contribution in [2.24, 2.45) is 5.92 Å². The lowest BCUT2D eigenvalue weighted by Crippen LogP contribution is -2.16. The highest BCUT2D eigenvalue weighted by molar-refractivity contribution is 6.50. The number of hydrogen-bond donors (Lipinski definition) is 0. The van der Waals surface area contributed by atoms with Gasteiger partial charge < -0.3 is 9.16 Å². The maximum atomic E-state index is 11.4. The Labute approximate surface area is 99.2 Å². The third-order valence-corrected chi connectivity index (χ3v) is 4.21. The van der Waals surface area contributed by atoms with Crippen LogP contribution in [0.3, 0.4) is 0 Å². The van der Waals surface area contributed by atoms with Crippen molar-refractivity contribution in [1.29, 1.82) is 0 Å². The first kappa shape index (κ1) is 12.1. The summed E-state index contributed by atoms with van der Waals surface area (Å²) in [5.74, 6) is 0.797. The predicted molar refractivity (Wildman–Crippen MR) is 64.8 cm³/mol. The molecule has 0 aromatic carbocycles. The molecule has 0 aromatic heterocycles. The maximum Gasteiger partial charge on any atom is 0.292 e. The molecule has 1 saturated carbocycles. The minimum Gasteiger partial charge on any atom is -0.523 e. The molecule has 1 heterocycles. The fourth-order valence-corrected chi connectivity index (χ4v) is 3.25. The zero-order chi connectivity index (χ0) is 11.5. The zero-order valence-corrected chi connectivity index (χ0v) is 11.4. The first-order valence-electron chi connectivity index (χ1n) is 6.50. The van der Waals surface area contributed by atoms with Gasteiger partial charge in [0, 0.05) is 6.42 Å². The quantitative estimate of drug-likeness (QED) is 0.548. The Balaban J connectivity index is 1.55. The van der Waals surface area contributed by atoms with Crippen LogP contribution < -0.4 is 0 Å². The van der Waals surface area contributed by atoms with Gasteiger partial charge in [0.15, 0.2) is 0 Å². The Kier molecular flexibility index (Phi) is 4.03. The minimum atomic E-state index is -1.18. The standard InChI is InChI=1S/C12H22O3Si/c1-16(2)15-12(13)5-3-4-9-6-7-10-11(8-9)14-10/h9-11,16H,3-8H2,1-2H3. The van der Waals surface area contributed by atoms with Gasteiger partial charge in [0.1, 0.15) is 0 Å². The van der Waals surface area contributed by atoms with Gasteiger partial charge in [-0.05, 0) is 51.1 Å². The molecule has 1 aliphatic heterocycles. The molecule has 3 unspecified atom stereocenters. The van der Waals surface area contributed by atoms with Crippen molar-refractivity contribution < 1.29 is 14.0 Å². The van der Waals surface area contributed by atoms with Gasteiger partial charge in [-0.25, -0.2) is 0 Å². The van der Waals surface area contributed by atoms with Crippen LogP contribution in [0.15, 0.2) is 0 Å². The predicted octanol–water partition coefficient (Wildman–Crippen LogP) is 2.25. The third kappa shape index (κ3) is 3.59. The van der Waals surface area contributed by atoms with E-state index in [1.807, 2.05) is 13.1 Å². The largest absolute Gasteiger partial charge is 0.523 e. The highest BCUT2D eigenvalue weighted by Gasteiger charge is 2.43. The lowest BCUT2D eigenvalue weighted by Gasteiger charge is -2.18.